The van der Waals surface area contributed by atoms with Crippen LogP contribution in [0.1, 0.15) is 24.9 Å². The van der Waals surface area contributed by atoms with E-state index in [4.69, 9.17) is 9.47 Å². The van der Waals surface area contributed by atoms with Gasteiger partial charge >= 0.3 is 5.97 Å². The molecule has 2 bridgehead atoms. The number of aromatic nitrogens is 3. The smallest absolute Gasteiger partial charge is 0.312 e. The number of nitrogens with zero attached hydrogens (tertiary/aromatic N) is 5. The van der Waals surface area contributed by atoms with Gasteiger partial charge in [0.15, 0.2) is 0 Å². The Hall–Kier alpha value is -3.61. The van der Waals surface area contributed by atoms with Gasteiger partial charge < -0.3 is 24.4 Å². The third kappa shape index (κ3) is 4.35. The molecule has 220 valence electrons. The fraction of sp³-hybridized carbons (Fsp3) is 0.433. The number of esters is 1. The number of carbonyl (C=O) groups excluding carboxylic acids is 3. The number of rotatable bonds is 10. The number of aliphatic hydroxyl groups is 1. The number of benzene rings is 2. The van der Waals surface area contributed by atoms with Crippen LogP contribution in [0.15, 0.2) is 67.3 Å². The lowest BCUT2D eigenvalue weighted by atomic mass is 9.70. The van der Waals surface area contributed by atoms with Crippen LogP contribution in [0.25, 0.3) is 11.0 Å². The molecule has 0 aliphatic carbocycles. The molecule has 11 nitrogen and oxygen atoms in total. The summed E-state index contributed by atoms with van der Waals surface area (Å²) in [5.41, 5.74) is 0.781. The van der Waals surface area contributed by atoms with E-state index in [1.165, 1.54) is 4.90 Å². The van der Waals surface area contributed by atoms with Gasteiger partial charge in [0.05, 0.1) is 42.7 Å². The Balaban J connectivity index is 1.46. The number of halogens is 1. The lowest BCUT2D eigenvalue weighted by Gasteiger charge is -2.39. The molecule has 3 aliphatic rings. The number of hydrogen-bond donors (Lipinski definition) is 1. The van der Waals surface area contributed by atoms with E-state index in [0.717, 1.165) is 5.52 Å². The molecule has 12 heteroatoms. The molecule has 1 spiro atoms. The molecule has 2 amide bonds. The molecule has 3 aliphatic heterocycles. The SMILES string of the molecule is C=CCN(Cn1nnc2ccccc21)C(=O)[C@H]1N([C@H](CO)c2ccccc2)C(=O)[C@@H]2[C@@H](C(=O)OCC)[C@@H]3O[C@@]21CC3Br. The van der Waals surface area contributed by atoms with E-state index in [1.807, 2.05) is 42.5 Å². The summed E-state index contributed by atoms with van der Waals surface area (Å²) in [5.74, 6) is -3.18. The Bertz CT molecular complexity index is 1520. The van der Waals surface area contributed by atoms with Gasteiger partial charge in [-0.1, -0.05) is 69.7 Å². The van der Waals surface area contributed by atoms with Crippen LogP contribution in [0.2, 0.25) is 0 Å². The largest absolute Gasteiger partial charge is 0.466 e. The van der Waals surface area contributed by atoms with Crippen LogP contribution in [0, 0.1) is 11.8 Å². The molecule has 3 aromatic rings. The van der Waals surface area contributed by atoms with Gasteiger partial charge in [0.1, 0.15) is 23.8 Å². The maximum Gasteiger partial charge on any atom is 0.312 e. The second kappa shape index (κ2) is 11.2. The average molecular weight is 639 g/mol. The molecule has 1 unspecified atom stereocenters. The molecular formula is C30H32BrN5O6. The monoisotopic (exact) mass is 637 g/mol. The summed E-state index contributed by atoms with van der Waals surface area (Å²) in [4.78, 5) is 45.2. The molecule has 3 fully saturated rings. The van der Waals surface area contributed by atoms with E-state index in [-0.39, 0.29) is 24.6 Å². The van der Waals surface area contributed by atoms with Gasteiger partial charge in [0.25, 0.3) is 0 Å². The number of para-hydroxylation sites is 1. The van der Waals surface area contributed by atoms with Crippen LogP contribution in [0.3, 0.4) is 0 Å². The number of carbonyl (C=O) groups is 3. The second-order valence-corrected chi connectivity index (χ2v) is 12.0. The quantitative estimate of drug-likeness (QED) is 0.204. The molecule has 0 saturated carbocycles. The van der Waals surface area contributed by atoms with Gasteiger partial charge in [-0.15, -0.1) is 11.7 Å². The summed E-state index contributed by atoms with van der Waals surface area (Å²) < 4.78 is 13.6. The first-order valence-corrected chi connectivity index (χ1v) is 14.9. The highest BCUT2D eigenvalue weighted by Gasteiger charge is 2.77. The lowest BCUT2D eigenvalue weighted by molar-refractivity contribution is -0.156. The van der Waals surface area contributed by atoms with Crippen LogP contribution in [0.5, 0.6) is 0 Å². The first-order valence-electron chi connectivity index (χ1n) is 14.0. The standard InChI is InChI=1S/C30H32BrN5O6/c1-3-14-34(17-35-21-13-9-8-12-20(21)32-33-35)28(39)26-30-15-19(31)25(42-30)23(29(40)41-4-2)24(30)27(38)36(26)22(16-37)18-10-6-5-7-11-18/h3,5-13,19,22-26,37H,1,4,14-17H2,2H3/t19?,22-,23-,24+,25-,26-,30+/m1/s1. The fourth-order valence-electron chi connectivity index (χ4n) is 6.95. The van der Waals surface area contributed by atoms with Crippen LogP contribution in [-0.2, 0) is 30.5 Å². The first kappa shape index (κ1) is 28.5. The number of likely N-dealkylation sites (tertiary alicyclic amines) is 1. The topological polar surface area (TPSA) is 127 Å². The Morgan fingerprint density at radius 2 is 2.00 bits per heavy atom. The predicted molar refractivity (Wildman–Crippen MR) is 155 cm³/mol. The van der Waals surface area contributed by atoms with E-state index in [1.54, 1.807) is 34.7 Å². The van der Waals surface area contributed by atoms with E-state index >= 15 is 0 Å². The number of hydrogen-bond acceptors (Lipinski definition) is 8. The van der Waals surface area contributed by atoms with Crippen LogP contribution in [-0.4, -0.2) is 90.0 Å². The fourth-order valence-corrected chi connectivity index (χ4v) is 7.89. The van der Waals surface area contributed by atoms with Crippen molar-refractivity contribution in [1.82, 2.24) is 24.8 Å². The van der Waals surface area contributed by atoms with Crippen LogP contribution < -0.4 is 0 Å². The Kier molecular flexibility index (Phi) is 7.62. The zero-order chi connectivity index (χ0) is 29.6. The maximum atomic E-state index is 14.8. The average Bonchev–Trinajstić information content (AvgIpc) is 3.71. The Morgan fingerprint density at radius 3 is 2.71 bits per heavy atom. The van der Waals surface area contributed by atoms with Crippen LogP contribution in [0.4, 0.5) is 0 Å². The molecule has 7 atom stereocenters. The molecular weight excluding hydrogens is 606 g/mol. The first-order chi connectivity index (χ1) is 20.4. The highest BCUT2D eigenvalue weighted by atomic mass is 79.9. The van der Waals surface area contributed by atoms with Crippen molar-refractivity contribution in [2.75, 3.05) is 19.8 Å². The van der Waals surface area contributed by atoms with Crippen molar-refractivity contribution < 1.29 is 29.0 Å². The van der Waals surface area contributed by atoms with Gasteiger partial charge in [0.2, 0.25) is 11.8 Å². The lowest BCUT2D eigenvalue weighted by Crippen LogP contribution is -2.57. The molecule has 4 heterocycles. The number of alkyl halides is 1. The normalized spacial score (nSPS) is 28.6. The van der Waals surface area contributed by atoms with Gasteiger partial charge in [-0.3, -0.25) is 14.4 Å². The van der Waals surface area contributed by atoms with E-state index in [9.17, 15) is 19.5 Å². The summed E-state index contributed by atoms with van der Waals surface area (Å²) in [6.07, 6.45) is 1.31. The molecule has 2 aromatic carbocycles. The summed E-state index contributed by atoms with van der Waals surface area (Å²) in [6, 6.07) is 14.5. The highest BCUT2D eigenvalue weighted by Crippen LogP contribution is 2.61. The minimum absolute atomic E-state index is 0.0439. The van der Waals surface area contributed by atoms with Crippen molar-refractivity contribution in [2.24, 2.45) is 11.8 Å². The third-order valence-corrected chi connectivity index (χ3v) is 9.44. The van der Waals surface area contributed by atoms with Gasteiger partial charge in [-0.25, -0.2) is 4.68 Å². The summed E-state index contributed by atoms with van der Waals surface area (Å²) in [6.45, 7) is 5.49. The zero-order valence-corrected chi connectivity index (χ0v) is 24.7. The van der Waals surface area contributed by atoms with E-state index in [0.29, 0.717) is 17.5 Å². The van der Waals surface area contributed by atoms with E-state index in [2.05, 4.69) is 32.8 Å². The number of amides is 2. The molecule has 42 heavy (non-hydrogen) atoms. The van der Waals surface area contributed by atoms with Crippen molar-refractivity contribution >= 4 is 44.7 Å². The molecule has 0 radical (unpaired) electrons. The van der Waals surface area contributed by atoms with Crippen molar-refractivity contribution in [2.45, 2.75) is 48.6 Å². The Morgan fingerprint density at radius 1 is 1.26 bits per heavy atom. The third-order valence-electron chi connectivity index (χ3n) is 8.60. The van der Waals surface area contributed by atoms with Crippen molar-refractivity contribution in [3.63, 3.8) is 0 Å². The van der Waals surface area contributed by atoms with Crippen molar-refractivity contribution in [1.29, 1.82) is 0 Å². The second-order valence-electron chi connectivity index (χ2n) is 10.8. The molecule has 6 rings (SSSR count). The van der Waals surface area contributed by atoms with Gasteiger partial charge in [-0.2, -0.15) is 0 Å². The molecule has 1 aromatic heterocycles. The summed E-state index contributed by atoms with van der Waals surface area (Å²) in [7, 11) is 0. The Labute approximate surface area is 251 Å². The minimum Gasteiger partial charge on any atom is -0.466 e. The molecule has 3 saturated heterocycles. The van der Waals surface area contributed by atoms with E-state index < -0.39 is 60.0 Å². The predicted octanol–water partition coefficient (Wildman–Crippen LogP) is 2.45. The highest BCUT2D eigenvalue weighted by molar-refractivity contribution is 9.09. The summed E-state index contributed by atoms with van der Waals surface area (Å²) in [5, 5.41) is 19.1. The van der Waals surface area contributed by atoms with Crippen molar-refractivity contribution in [3.05, 3.63) is 72.8 Å². The summed E-state index contributed by atoms with van der Waals surface area (Å²) >= 11 is 3.67. The number of aliphatic hydroxyl groups excluding tert-OH is 1. The van der Waals surface area contributed by atoms with Gasteiger partial charge in [-0.05, 0) is 31.0 Å². The number of ether oxygens (including phenoxy) is 2. The maximum absolute atomic E-state index is 14.8. The minimum atomic E-state index is -1.31. The van der Waals surface area contributed by atoms with Gasteiger partial charge in [0, 0.05) is 11.4 Å². The zero-order valence-electron chi connectivity index (χ0n) is 23.1. The molecule has 1 N–H and O–H groups in total. The number of fused-ring (bicyclic) bond motifs is 2. The van der Waals surface area contributed by atoms with Crippen LogP contribution >= 0.6 is 15.9 Å². The van der Waals surface area contributed by atoms with Crippen molar-refractivity contribution in [3.8, 4) is 0 Å².